The highest BCUT2D eigenvalue weighted by Gasteiger charge is 2.32. The van der Waals surface area contributed by atoms with Gasteiger partial charge in [-0.1, -0.05) is 54.1 Å². The number of halogens is 1. The van der Waals surface area contributed by atoms with E-state index >= 15 is 0 Å². The number of hydrogen-bond acceptors (Lipinski definition) is 8. The smallest absolute Gasteiger partial charge is 0.420 e. The van der Waals surface area contributed by atoms with Crippen LogP contribution in [0.15, 0.2) is 77.2 Å². The van der Waals surface area contributed by atoms with Crippen LogP contribution in [0.4, 0.5) is 9.59 Å². The SMILES string of the molecule is CC(C)(C)OC(=O)N(Cc1cccc(C2CCN(C(=O)c3cccc(-c4nnc(-c5ccccc5Cl)o4)c3)CC2)c1)C(=O)OC(C)(C)C. The van der Waals surface area contributed by atoms with E-state index in [1.165, 1.54) is 0 Å². The van der Waals surface area contributed by atoms with Gasteiger partial charge in [-0.2, -0.15) is 0 Å². The summed E-state index contributed by atoms with van der Waals surface area (Å²) >= 11 is 6.29. The Bertz CT molecular complexity index is 1750. The van der Waals surface area contributed by atoms with Gasteiger partial charge in [0, 0.05) is 24.2 Å². The van der Waals surface area contributed by atoms with Gasteiger partial charge in [0.1, 0.15) is 11.2 Å². The lowest BCUT2D eigenvalue weighted by Crippen LogP contribution is -2.43. The van der Waals surface area contributed by atoms with Gasteiger partial charge in [-0.25, -0.2) is 14.5 Å². The van der Waals surface area contributed by atoms with E-state index in [2.05, 4.69) is 10.2 Å². The van der Waals surface area contributed by atoms with E-state index in [4.69, 9.17) is 25.5 Å². The van der Waals surface area contributed by atoms with Crippen LogP contribution in [0, 0.1) is 0 Å². The fourth-order valence-electron chi connectivity index (χ4n) is 5.43. The normalized spacial score (nSPS) is 14.0. The Labute approximate surface area is 286 Å². The van der Waals surface area contributed by atoms with Crippen LogP contribution in [0.3, 0.4) is 0 Å². The molecule has 1 aliphatic heterocycles. The van der Waals surface area contributed by atoms with Crippen LogP contribution in [0.2, 0.25) is 5.02 Å². The summed E-state index contributed by atoms with van der Waals surface area (Å²) in [5.41, 5.74) is 2.12. The zero-order valence-electron chi connectivity index (χ0n) is 28.2. The lowest BCUT2D eigenvalue weighted by atomic mass is 9.88. The molecule has 11 heteroatoms. The maximum atomic E-state index is 13.5. The quantitative estimate of drug-likeness (QED) is 0.200. The minimum atomic E-state index is -0.778. The zero-order valence-corrected chi connectivity index (χ0v) is 28.9. The predicted molar refractivity (Wildman–Crippen MR) is 183 cm³/mol. The molecule has 4 aromatic rings. The van der Waals surface area contributed by atoms with Crippen molar-refractivity contribution < 1.29 is 28.3 Å². The van der Waals surface area contributed by atoms with E-state index in [-0.39, 0.29) is 18.4 Å². The molecule has 252 valence electrons. The maximum Gasteiger partial charge on any atom is 0.420 e. The van der Waals surface area contributed by atoms with Gasteiger partial charge in [0.2, 0.25) is 11.8 Å². The van der Waals surface area contributed by atoms with Crippen LogP contribution in [0.5, 0.6) is 0 Å². The number of carbonyl (C=O) groups excluding carboxylic acids is 3. The molecule has 0 N–H and O–H groups in total. The standard InChI is InChI=1S/C37H41ClN4O6/c1-36(2,3)47-34(44)42(35(45)48-37(4,5)6)23-24-11-9-12-26(21-24)25-17-19-41(20-18-25)33(43)28-14-10-13-27(22-28)31-39-40-32(46-31)29-15-7-8-16-30(29)38/h7-16,21-22,25H,17-20,23H2,1-6H3. The predicted octanol–water partition coefficient (Wildman–Crippen LogP) is 8.75. The van der Waals surface area contributed by atoms with Crippen LogP contribution >= 0.6 is 11.6 Å². The van der Waals surface area contributed by atoms with Gasteiger partial charge in [-0.3, -0.25) is 4.79 Å². The molecule has 0 unspecified atom stereocenters. The summed E-state index contributed by atoms with van der Waals surface area (Å²) in [6.45, 7) is 11.7. The summed E-state index contributed by atoms with van der Waals surface area (Å²) in [5, 5.41) is 8.84. The van der Waals surface area contributed by atoms with Crippen molar-refractivity contribution in [3.63, 3.8) is 0 Å². The van der Waals surface area contributed by atoms with E-state index in [0.717, 1.165) is 28.9 Å². The van der Waals surface area contributed by atoms with Crippen LogP contribution < -0.4 is 0 Å². The summed E-state index contributed by atoms with van der Waals surface area (Å²) in [4.78, 5) is 42.4. The van der Waals surface area contributed by atoms with E-state index in [1.54, 1.807) is 65.8 Å². The number of benzene rings is 3. The highest BCUT2D eigenvalue weighted by Crippen LogP contribution is 2.32. The number of ether oxygens (including phenoxy) is 2. The summed E-state index contributed by atoms with van der Waals surface area (Å²) in [6, 6.07) is 22.3. The maximum absolute atomic E-state index is 13.5. The monoisotopic (exact) mass is 672 g/mol. The number of carbonyl (C=O) groups is 3. The topological polar surface area (TPSA) is 115 Å². The Morgan fingerprint density at radius 2 is 1.46 bits per heavy atom. The lowest BCUT2D eigenvalue weighted by Gasteiger charge is -2.32. The first kappa shape index (κ1) is 34.6. The second-order valence-corrected chi connectivity index (χ2v) is 14.2. The number of aromatic nitrogens is 2. The average Bonchev–Trinajstić information content (AvgIpc) is 3.52. The Kier molecular flexibility index (Phi) is 10.2. The Balaban J connectivity index is 1.24. The van der Waals surface area contributed by atoms with Crippen LogP contribution in [0.25, 0.3) is 22.9 Å². The van der Waals surface area contributed by atoms with Gasteiger partial charge in [-0.05, 0) is 102 Å². The second kappa shape index (κ2) is 14.2. The van der Waals surface area contributed by atoms with Crippen molar-refractivity contribution in [1.29, 1.82) is 0 Å². The minimum absolute atomic E-state index is 0.00522. The number of piperidine rings is 1. The zero-order chi connectivity index (χ0) is 34.6. The summed E-state index contributed by atoms with van der Waals surface area (Å²) in [6.07, 6.45) is -0.000251. The third kappa shape index (κ3) is 8.80. The van der Waals surface area contributed by atoms with Gasteiger partial charge in [0.05, 0.1) is 17.1 Å². The highest BCUT2D eigenvalue weighted by molar-refractivity contribution is 6.33. The fraction of sp³-hybridized carbons (Fsp3) is 0.378. The molecule has 0 saturated carbocycles. The molecule has 1 saturated heterocycles. The summed E-state index contributed by atoms with van der Waals surface area (Å²) in [7, 11) is 0. The Morgan fingerprint density at radius 3 is 2.10 bits per heavy atom. The van der Waals surface area contributed by atoms with E-state index in [0.29, 0.717) is 46.6 Å². The first-order valence-corrected chi connectivity index (χ1v) is 16.3. The van der Waals surface area contributed by atoms with E-state index < -0.39 is 23.4 Å². The molecule has 0 bridgehead atoms. The van der Waals surface area contributed by atoms with Gasteiger partial charge >= 0.3 is 12.2 Å². The van der Waals surface area contributed by atoms with Crippen molar-refractivity contribution in [3.05, 3.63) is 94.5 Å². The van der Waals surface area contributed by atoms with E-state index in [9.17, 15) is 14.4 Å². The number of rotatable bonds is 6. The van der Waals surface area contributed by atoms with E-state index in [1.807, 2.05) is 53.4 Å². The molecule has 0 spiro atoms. The fourth-order valence-corrected chi connectivity index (χ4v) is 5.65. The molecule has 0 aliphatic carbocycles. The number of hydrogen-bond donors (Lipinski definition) is 0. The van der Waals surface area contributed by atoms with Gasteiger partial charge in [0.15, 0.2) is 0 Å². The van der Waals surface area contributed by atoms with Crippen molar-refractivity contribution in [3.8, 4) is 22.9 Å². The molecule has 10 nitrogen and oxygen atoms in total. The largest absolute Gasteiger partial charge is 0.443 e. The van der Waals surface area contributed by atoms with Crippen molar-refractivity contribution in [2.24, 2.45) is 0 Å². The van der Waals surface area contributed by atoms with Gasteiger partial charge in [-0.15, -0.1) is 10.2 Å². The molecular weight excluding hydrogens is 632 g/mol. The molecule has 0 atom stereocenters. The second-order valence-electron chi connectivity index (χ2n) is 13.8. The molecule has 2 heterocycles. The minimum Gasteiger partial charge on any atom is -0.443 e. The first-order valence-electron chi connectivity index (χ1n) is 16.0. The number of nitrogens with zero attached hydrogens (tertiary/aromatic N) is 4. The lowest BCUT2D eigenvalue weighted by molar-refractivity contribution is -0.000277. The van der Waals surface area contributed by atoms with Gasteiger partial charge < -0.3 is 18.8 Å². The highest BCUT2D eigenvalue weighted by atomic mass is 35.5. The number of likely N-dealkylation sites (tertiary alicyclic amines) is 1. The van der Waals surface area contributed by atoms with Crippen molar-refractivity contribution in [1.82, 2.24) is 20.0 Å². The number of imide groups is 1. The molecule has 1 aliphatic rings. The Hall–Kier alpha value is -4.70. The first-order chi connectivity index (χ1) is 22.7. The number of amides is 3. The van der Waals surface area contributed by atoms with Crippen LogP contribution in [-0.2, 0) is 16.0 Å². The molecule has 3 amide bonds. The third-order valence-electron chi connectivity index (χ3n) is 7.66. The molecular formula is C37H41ClN4O6. The van der Waals surface area contributed by atoms with Gasteiger partial charge in [0.25, 0.3) is 5.91 Å². The summed E-state index contributed by atoms with van der Waals surface area (Å²) in [5.74, 6) is 0.745. The van der Waals surface area contributed by atoms with Crippen LogP contribution in [-0.4, -0.2) is 62.4 Å². The molecule has 5 rings (SSSR count). The average molecular weight is 673 g/mol. The molecule has 3 aromatic carbocycles. The van der Waals surface area contributed by atoms with Crippen LogP contribution in [0.1, 0.15) is 81.8 Å². The third-order valence-corrected chi connectivity index (χ3v) is 7.99. The molecule has 48 heavy (non-hydrogen) atoms. The molecule has 1 fully saturated rings. The van der Waals surface area contributed by atoms with Crippen molar-refractivity contribution >= 4 is 29.7 Å². The van der Waals surface area contributed by atoms with Crippen molar-refractivity contribution in [2.75, 3.05) is 13.1 Å². The summed E-state index contributed by atoms with van der Waals surface area (Å²) < 4.78 is 16.9. The van der Waals surface area contributed by atoms with Crippen molar-refractivity contribution in [2.45, 2.75) is 78.0 Å². The molecule has 1 aromatic heterocycles. The Morgan fingerprint density at radius 1 is 0.833 bits per heavy atom. The molecule has 0 radical (unpaired) electrons.